The Morgan fingerprint density at radius 1 is 1.48 bits per heavy atom. The van der Waals surface area contributed by atoms with Crippen LogP contribution >= 0.6 is 38.5 Å². The van der Waals surface area contributed by atoms with Gasteiger partial charge in [-0.25, -0.2) is 0 Å². The topological polar surface area (TPSA) is 55.5 Å². The van der Waals surface area contributed by atoms with Crippen LogP contribution in [0.25, 0.3) is 0 Å². The number of rotatable bonds is 2. The number of benzene rings is 1. The van der Waals surface area contributed by atoms with Crippen LogP contribution in [-0.2, 0) is 10.3 Å². The molecule has 3 nitrogen and oxygen atoms in total. The van der Waals surface area contributed by atoms with Gasteiger partial charge in [-0.15, -0.1) is 0 Å². The van der Waals surface area contributed by atoms with Crippen LogP contribution in [0.5, 0.6) is 0 Å². The van der Waals surface area contributed by atoms with Gasteiger partial charge in [0.1, 0.15) is 0 Å². The number of aliphatic hydroxyl groups is 1. The molecule has 0 bridgehead atoms. The van der Waals surface area contributed by atoms with Crippen molar-refractivity contribution in [3.05, 3.63) is 31.8 Å². The first-order valence-electron chi connectivity index (χ1n) is 6.22. The molecule has 0 saturated carbocycles. The molecule has 0 radical (unpaired) electrons. The van der Waals surface area contributed by atoms with Gasteiger partial charge in [0.25, 0.3) is 0 Å². The summed E-state index contributed by atoms with van der Waals surface area (Å²) < 4.78 is 44.9. The smallest absolute Gasteiger partial charge is 0.396 e. The Labute approximate surface area is 142 Å². The van der Waals surface area contributed by atoms with E-state index in [1.807, 2.05) is 12.1 Å². The quantitative estimate of drug-likeness (QED) is 0.641. The van der Waals surface area contributed by atoms with E-state index < -0.39 is 30.3 Å². The van der Waals surface area contributed by atoms with E-state index in [4.69, 9.17) is 10.5 Å². The molecule has 3 N–H and O–H groups in total. The zero-order chi connectivity index (χ0) is 15.8. The van der Waals surface area contributed by atoms with Crippen molar-refractivity contribution in [2.24, 2.45) is 11.7 Å². The minimum absolute atomic E-state index is 0.283. The van der Waals surface area contributed by atoms with Crippen LogP contribution in [0.1, 0.15) is 12.0 Å². The average Bonchev–Trinajstić information content (AvgIpc) is 2.40. The average molecular weight is 480 g/mol. The molecule has 1 heterocycles. The predicted octanol–water partition coefficient (Wildman–Crippen LogP) is 3.17. The number of ether oxygens (including phenoxy) is 1. The molecule has 1 aliphatic heterocycles. The van der Waals surface area contributed by atoms with Crippen molar-refractivity contribution in [1.29, 1.82) is 0 Å². The van der Waals surface area contributed by atoms with Gasteiger partial charge in [0.15, 0.2) is 6.10 Å². The third kappa shape index (κ3) is 3.54. The summed E-state index contributed by atoms with van der Waals surface area (Å²) in [7, 11) is 0. The Morgan fingerprint density at radius 2 is 2.14 bits per heavy atom. The maximum atomic E-state index is 12.8. The second-order valence-corrected chi connectivity index (χ2v) is 7.20. The number of nitrogens with two attached hydrogens (primary N) is 1. The first kappa shape index (κ1) is 17.5. The summed E-state index contributed by atoms with van der Waals surface area (Å²) in [6.07, 6.45) is -6.67. The standard InChI is InChI=1S/C13H14BrF3INO2/c14-8-1-2-10(18)9(4-8)12(19)6-21-11(13(15,16)17)3-7(12)5-20/h1-2,4,7,11,20H,3,5-6,19H2/t7?,11-,12+/m1/s1. The monoisotopic (exact) mass is 479 g/mol. The van der Waals surface area contributed by atoms with Crippen molar-refractivity contribution in [2.75, 3.05) is 13.2 Å². The minimum atomic E-state index is -4.45. The molecule has 0 spiro atoms. The summed E-state index contributed by atoms with van der Waals surface area (Å²) in [5.41, 5.74) is 5.87. The third-order valence-corrected chi connectivity index (χ3v) is 5.20. The van der Waals surface area contributed by atoms with Crippen molar-refractivity contribution in [3.63, 3.8) is 0 Å². The summed E-state index contributed by atoms with van der Waals surface area (Å²) in [6, 6.07) is 5.41. The molecule has 1 aromatic rings. The van der Waals surface area contributed by atoms with Crippen LogP contribution in [0.3, 0.4) is 0 Å². The van der Waals surface area contributed by atoms with Gasteiger partial charge in [0.05, 0.1) is 12.1 Å². The second kappa shape index (κ2) is 6.31. The molecule has 118 valence electrons. The van der Waals surface area contributed by atoms with Crippen LogP contribution in [-0.4, -0.2) is 30.6 Å². The maximum absolute atomic E-state index is 12.8. The number of halogens is 5. The van der Waals surface area contributed by atoms with Crippen molar-refractivity contribution in [1.82, 2.24) is 0 Å². The fourth-order valence-corrected chi connectivity index (χ4v) is 3.71. The first-order chi connectivity index (χ1) is 9.68. The minimum Gasteiger partial charge on any atom is -0.396 e. The van der Waals surface area contributed by atoms with E-state index in [1.165, 1.54) is 0 Å². The van der Waals surface area contributed by atoms with Crippen LogP contribution in [0, 0.1) is 9.49 Å². The van der Waals surface area contributed by atoms with Gasteiger partial charge in [-0.05, 0) is 52.8 Å². The Hall–Kier alpha value is 0.1000. The highest BCUT2D eigenvalue weighted by atomic mass is 127. The summed E-state index contributed by atoms with van der Waals surface area (Å²) in [5.74, 6) is -0.722. The van der Waals surface area contributed by atoms with E-state index in [2.05, 4.69) is 38.5 Å². The molecule has 1 aromatic carbocycles. The Bertz CT molecular complexity index is 529. The Balaban J connectivity index is 2.36. The number of alkyl halides is 3. The molecule has 1 saturated heterocycles. The molecule has 1 aliphatic rings. The summed E-state index contributed by atoms with van der Waals surface area (Å²) >= 11 is 5.41. The van der Waals surface area contributed by atoms with Crippen LogP contribution in [0.15, 0.2) is 22.7 Å². The van der Waals surface area contributed by atoms with Gasteiger partial charge < -0.3 is 15.6 Å². The van der Waals surface area contributed by atoms with Gasteiger partial charge in [-0.2, -0.15) is 13.2 Å². The molecule has 1 unspecified atom stereocenters. The second-order valence-electron chi connectivity index (χ2n) is 5.12. The van der Waals surface area contributed by atoms with Crippen molar-refractivity contribution in [2.45, 2.75) is 24.2 Å². The van der Waals surface area contributed by atoms with Gasteiger partial charge in [-0.1, -0.05) is 15.9 Å². The summed E-state index contributed by atoms with van der Waals surface area (Å²) in [4.78, 5) is 0. The summed E-state index contributed by atoms with van der Waals surface area (Å²) in [5, 5.41) is 9.51. The number of hydrogen-bond donors (Lipinski definition) is 2. The van der Waals surface area contributed by atoms with E-state index in [9.17, 15) is 18.3 Å². The lowest BCUT2D eigenvalue weighted by molar-refractivity contribution is -0.248. The van der Waals surface area contributed by atoms with Crippen molar-refractivity contribution >= 4 is 38.5 Å². The van der Waals surface area contributed by atoms with Crippen molar-refractivity contribution < 1.29 is 23.0 Å². The highest BCUT2D eigenvalue weighted by molar-refractivity contribution is 14.1. The zero-order valence-corrected chi connectivity index (χ0v) is 14.6. The maximum Gasteiger partial charge on any atom is 0.414 e. The molecule has 0 aliphatic carbocycles. The molecule has 3 atom stereocenters. The zero-order valence-electron chi connectivity index (χ0n) is 10.8. The highest BCUT2D eigenvalue weighted by Crippen LogP contribution is 2.42. The molecular formula is C13H14BrF3INO2. The molecular weight excluding hydrogens is 466 g/mol. The fraction of sp³-hybridized carbons (Fsp3) is 0.538. The Morgan fingerprint density at radius 3 is 2.71 bits per heavy atom. The number of aliphatic hydroxyl groups excluding tert-OH is 1. The van der Waals surface area contributed by atoms with E-state index in [1.54, 1.807) is 6.07 Å². The van der Waals surface area contributed by atoms with Crippen LogP contribution in [0.2, 0.25) is 0 Å². The largest absolute Gasteiger partial charge is 0.414 e. The molecule has 0 aromatic heterocycles. The first-order valence-corrected chi connectivity index (χ1v) is 8.09. The van der Waals surface area contributed by atoms with Crippen LogP contribution in [0.4, 0.5) is 13.2 Å². The molecule has 8 heteroatoms. The lowest BCUT2D eigenvalue weighted by atomic mass is 9.75. The van der Waals surface area contributed by atoms with Gasteiger partial charge >= 0.3 is 6.18 Å². The lowest BCUT2D eigenvalue weighted by Gasteiger charge is -2.44. The van der Waals surface area contributed by atoms with E-state index in [0.29, 0.717) is 5.56 Å². The SMILES string of the molecule is N[C@@]1(c2cc(Br)ccc2I)CO[C@@H](C(F)(F)F)CC1CO. The molecule has 1 fully saturated rings. The molecule has 21 heavy (non-hydrogen) atoms. The van der Waals surface area contributed by atoms with E-state index >= 15 is 0 Å². The third-order valence-electron chi connectivity index (χ3n) is 3.77. The normalized spacial score (nSPS) is 30.4. The van der Waals surface area contributed by atoms with Gasteiger partial charge in [0, 0.05) is 20.6 Å². The lowest BCUT2D eigenvalue weighted by Crippen LogP contribution is -2.57. The summed E-state index contributed by atoms with van der Waals surface area (Å²) in [6.45, 7) is -0.704. The predicted molar refractivity (Wildman–Crippen MR) is 83.7 cm³/mol. The number of hydrogen-bond acceptors (Lipinski definition) is 3. The van der Waals surface area contributed by atoms with E-state index in [0.717, 1.165) is 8.04 Å². The van der Waals surface area contributed by atoms with Crippen LogP contribution < -0.4 is 5.73 Å². The highest BCUT2D eigenvalue weighted by Gasteiger charge is 2.51. The van der Waals surface area contributed by atoms with Gasteiger partial charge in [-0.3, -0.25) is 0 Å². The molecule has 2 rings (SSSR count). The molecule has 0 amide bonds. The fourth-order valence-electron chi connectivity index (χ4n) is 2.51. The Kier molecular flexibility index (Phi) is 5.24. The van der Waals surface area contributed by atoms with Gasteiger partial charge in [0.2, 0.25) is 0 Å². The van der Waals surface area contributed by atoms with E-state index in [-0.39, 0.29) is 13.0 Å². The van der Waals surface area contributed by atoms with Crippen molar-refractivity contribution in [3.8, 4) is 0 Å².